The molecule has 6 nitrogen and oxygen atoms in total. The lowest BCUT2D eigenvalue weighted by molar-refractivity contribution is -0.116. The van der Waals surface area contributed by atoms with E-state index in [-0.39, 0.29) is 24.0 Å². The maximum atomic E-state index is 12.7. The topological polar surface area (TPSA) is 78.9 Å². The van der Waals surface area contributed by atoms with Crippen LogP contribution >= 0.6 is 0 Å². The lowest BCUT2D eigenvalue weighted by Crippen LogP contribution is -2.41. The number of morpholine rings is 1. The van der Waals surface area contributed by atoms with Crippen LogP contribution in [0.4, 0.5) is 5.69 Å². The number of rotatable bonds is 5. The molecule has 142 valence electrons. The molecule has 2 aromatic rings. The summed E-state index contributed by atoms with van der Waals surface area (Å²) in [5, 5.41) is 12.7. The van der Waals surface area contributed by atoms with Gasteiger partial charge in [-0.2, -0.15) is 0 Å². The number of anilines is 1. The molecule has 3 rings (SSSR count). The van der Waals surface area contributed by atoms with Gasteiger partial charge >= 0.3 is 0 Å². The molecule has 0 saturated carbocycles. The third-order valence-corrected chi connectivity index (χ3v) is 4.75. The molecule has 2 amide bonds. The molecule has 1 heterocycles. The van der Waals surface area contributed by atoms with Crippen LogP contribution < -0.4 is 5.32 Å². The largest absolute Gasteiger partial charge is 0.508 e. The van der Waals surface area contributed by atoms with Gasteiger partial charge in [-0.3, -0.25) is 9.59 Å². The van der Waals surface area contributed by atoms with E-state index in [9.17, 15) is 14.7 Å². The van der Waals surface area contributed by atoms with Gasteiger partial charge in [-0.15, -0.1) is 0 Å². The Hall–Kier alpha value is -2.86. The van der Waals surface area contributed by atoms with Crippen molar-refractivity contribution < 1.29 is 19.4 Å². The summed E-state index contributed by atoms with van der Waals surface area (Å²) in [6.07, 6.45) is 0.697. The summed E-state index contributed by atoms with van der Waals surface area (Å²) < 4.78 is 5.30. The van der Waals surface area contributed by atoms with Crippen molar-refractivity contribution in [2.45, 2.75) is 19.8 Å². The van der Waals surface area contributed by atoms with Crippen molar-refractivity contribution in [3.05, 3.63) is 59.2 Å². The Morgan fingerprint density at radius 2 is 1.85 bits per heavy atom. The molecule has 6 heteroatoms. The van der Waals surface area contributed by atoms with Crippen LogP contribution in [0.25, 0.3) is 0 Å². The molecule has 0 unspecified atom stereocenters. The lowest BCUT2D eigenvalue weighted by atomic mass is 10.0. The van der Waals surface area contributed by atoms with Gasteiger partial charge in [0.2, 0.25) is 5.91 Å². The van der Waals surface area contributed by atoms with Crippen molar-refractivity contribution in [3.63, 3.8) is 0 Å². The SMILES string of the molecule is Cc1c(NC(=O)CCc2ccccc2O)cccc1C(=O)N1CCOCC1. The maximum absolute atomic E-state index is 12.7. The van der Waals surface area contributed by atoms with Crippen LogP contribution in [-0.4, -0.2) is 48.1 Å². The predicted molar refractivity (Wildman–Crippen MR) is 103 cm³/mol. The van der Waals surface area contributed by atoms with Gasteiger partial charge in [0.05, 0.1) is 13.2 Å². The van der Waals surface area contributed by atoms with Gasteiger partial charge in [0.1, 0.15) is 5.75 Å². The highest BCUT2D eigenvalue weighted by Crippen LogP contribution is 2.22. The Morgan fingerprint density at radius 3 is 2.59 bits per heavy atom. The molecule has 1 saturated heterocycles. The quantitative estimate of drug-likeness (QED) is 0.851. The summed E-state index contributed by atoms with van der Waals surface area (Å²) in [4.78, 5) is 26.8. The van der Waals surface area contributed by atoms with E-state index in [0.717, 1.165) is 11.1 Å². The number of para-hydroxylation sites is 1. The molecule has 1 aliphatic rings. The van der Waals surface area contributed by atoms with Crippen molar-refractivity contribution in [2.24, 2.45) is 0 Å². The summed E-state index contributed by atoms with van der Waals surface area (Å²) in [6, 6.07) is 12.3. The van der Waals surface area contributed by atoms with E-state index in [0.29, 0.717) is 44.0 Å². The minimum Gasteiger partial charge on any atom is -0.508 e. The molecule has 0 atom stereocenters. The number of ether oxygens (including phenoxy) is 1. The van der Waals surface area contributed by atoms with E-state index in [1.165, 1.54) is 0 Å². The zero-order valence-electron chi connectivity index (χ0n) is 15.4. The van der Waals surface area contributed by atoms with Crippen LogP contribution in [0.5, 0.6) is 5.75 Å². The van der Waals surface area contributed by atoms with Crippen molar-refractivity contribution >= 4 is 17.5 Å². The third kappa shape index (κ3) is 4.65. The number of benzene rings is 2. The molecule has 0 radical (unpaired) electrons. The summed E-state index contributed by atoms with van der Waals surface area (Å²) in [5.41, 5.74) is 2.72. The highest BCUT2D eigenvalue weighted by Gasteiger charge is 2.21. The van der Waals surface area contributed by atoms with Crippen molar-refractivity contribution in [1.29, 1.82) is 0 Å². The Labute approximate surface area is 158 Å². The maximum Gasteiger partial charge on any atom is 0.254 e. The monoisotopic (exact) mass is 368 g/mol. The standard InChI is InChI=1S/C21H24N2O4/c1-15-17(21(26)23-11-13-27-14-12-23)6-4-7-18(15)22-20(25)10-9-16-5-2-3-8-19(16)24/h2-8,24H,9-14H2,1H3,(H,22,25). The minimum absolute atomic E-state index is 0.0406. The van der Waals surface area contributed by atoms with E-state index < -0.39 is 0 Å². The van der Waals surface area contributed by atoms with Gasteiger partial charge in [0.25, 0.3) is 5.91 Å². The van der Waals surface area contributed by atoms with E-state index in [1.807, 2.05) is 13.0 Å². The fourth-order valence-corrected chi connectivity index (χ4v) is 3.12. The number of phenolic OH excluding ortho intramolecular Hbond substituents is 1. The second kappa shape index (κ2) is 8.68. The number of amides is 2. The number of carbonyl (C=O) groups is 2. The van der Waals surface area contributed by atoms with Gasteiger partial charge in [-0.25, -0.2) is 0 Å². The molecule has 2 N–H and O–H groups in total. The van der Waals surface area contributed by atoms with Crippen LogP contribution in [0.1, 0.15) is 27.9 Å². The average molecular weight is 368 g/mol. The van der Waals surface area contributed by atoms with Crippen molar-refractivity contribution in [1.82, 2.24) is 4.90 Å². The predicted octanol–water partition coefficient (Wildman–Crippen LogP) is 2.74. The highest BCUT2D eigenvalue weighted by atomic mass is 16.5. The molecular weight excluding hydrogens is 344 g/mol. The molecule has 0 bridgehead atoms. The first kappa shape index (κ1) is 18.9. The number of nitrogens with zero attached hydrogens (tertiary/aromatic N) is 1. The number of aryl methyl sites for hydroxylation is 1. The zero-order valence-corrected chi connectivity index (χ0v) is 15.4. The summed E-state index contributed by atoms with van der Waals surface area (Å²) in [7, 11) is 0. The molecule has 2 aromatic carbocycles. The summed E-state index contributed by atoms with van der Waals surface area (Å²) in [6.45, 7) is 4.10. The van der Waals surface area contributed by atoms with Crippen LogP contribution in [0.2, 0.25) is 0 Å². The van der Waals surface area contributed by atoms with Gasteiger partial charge in [0, 0.05) is 30.8 Å². The molecule has 0 spiro atoms. The van der Waals surface area contributed by atoms with E-state index in [4.69, 9.17) is 4.74 Å². The Bertz CT molecular complexity index is 829. The van der Waals surface area contributed by atoms with E-state index >= 15 is 0 Å². The molecule has 0 aromatic heterocycles. The number of phenols is 1. The fraction of sp³-hybridized carbons (Fsp3) is 0.333. The van der Waals surface area contributed by atoms with Gasteiger partial charge in [0.15, 0.2) is 0 Å². The number of nitrogens with one attached hydrogen (secondary N) is 1. The molecule has 0 aliphatic carbocycles. The molecular formula is C21H24N2O4. The Balaban J connectivity index is 1.65. The summed E-state index contributed by atoms with van der Waals surface area (Å²) in [5.74, 6) is -0.00184. The van der Waals surface area contributed by atoms with Gasteiger partial charge in [-0.05, 0) is 42.7 Å². The van der Waals surface area contributed by atoms with Crippen LogP contribution in [0.15, 0.2) is 42.5 Å². The second-order valence-electron chi connectivity index (χ2n) is 6.56. The number of hydrogen-bond donors (Lipinski definition) is 2. The normalized spacial score (nSPS) is 14.0. The fourth-order valence-electron chi connectivity index (χ4n) is 3.12. The van der Waals surface area contributed by atoms with Gasteiger partial charge in [-0.1, -0.05) is 24.3 Å². The second-order valence-corrected chi connectivity index (χ2v) is 6.56. The third-order valence-electron chi connectivity index (χ3n) is 4.75. The van der Waals surface area contributed by atoms with Gasteiger partial charge < -0.3 is 20.1 Å². The molecule has 27 heavy (non-hydrogen) atoms. The number of aromatic hydroxyl groups is 1. The smallest absolute Gasteiger partial charge is 0.254 e. The van der Waals surface area contributed by atoms with Crippen molar-refractivity contribution in [3.8, 4) is 5.75 Å². The van der Waals surface area contributed by atoms with E-state index in [1.54, 1.807) is 41.3 Å². The minimum atomic E-state index is -0.155. The first-order chi connectivity index (χ1) is 13.1. The summed E-state index contributed by atoms with van der Waals surface area (Å²) >= 11 is 0. The lowest BCUT2D eigenvalue weighted by Gasteiger charge is -2.27. The number of hydrogen-bond acceptors (Lipinski definition) is 4. The Kier molecular flexibility index (Phi) is 6.08. The van der Waals surface area contributed by atoms with Crippen molar-refractivity contribution in [2.75, 3.05) is 31.6 Å². The van der Waals surface area contributed by atoms with Crippen LogP contribution in [0, 0.1) is 6.92 Å². The zero-order chi connectivity index (χ0) is 19.2. The average Bonchev–Trinajstić information content (AvgIpc) is 2.69. The van der Waals surface area contributed by atoms with Crippen LogP contribution in [0.3, 0.4) is 0 Å². The molecule has 1 aliphatic heterocycles. The van der Waals surface area contributed by atoms with E-state index in [2.05, 4.69) is 5.32 Å². The first-order valence-corrected chi connectivity index (χ1v) is 9.09. The first-order valence-electron chi connectivity index (χ1n) is 9.09. The molecule has 1 fully saturated rings. The Morgan fingerprint density at radius 1 is 1.11 bits per heavy atom. The number of carbonyl (C=O) groups excluding carboxylic acids is 2. The van der Waals surface area contributed by atoms with Crippen LogP contribution in [-0.2, 0) is 16.0 Å². The highest BCUT2D eigenvalue weighted by molar-refractivity contribution is 5.99.